The SMILES string of the molecule is CSc1cccc(NC(=O)Nc2ccc(Oc3cc(-n4cnc(C)c4C)nc(C)n3)cc2)c1. The van der Waals surface area contributed by atoms with Gasteiger partial charge in [0.2, 0.25) is 5.88 Å². The number of amides is 2. The number of aryl methyl sites for hydroxylation is 2. The number of rotatable bonds is 6. The molecule has 4 rings (SSSR count). The number of anilines is 2. The summed E-state index contributed by atoms with van der Waals surface area (Å²) in [6, 6.07) is 16.2. The van der Waals surface area contributed by atoms with Crippen LogP contribution in [0.15, 0.2) is 65.8 Å². The second-order valence-electron chi connectivity index (χ2n) is 7.33. The molecule has 0 aliphatic carbocycles. The molecule has 0 saturated heterocycles. The fourth-order valence-electron chi connectivity index (χ4n) is 3.15. The van der Waals surface area contributed by atoms with Gasteiger partial charge in [-0.3, -0.25) is 4.57 Å². The van der Waals surface area contributed by atoms with Gasteiger partial charge in [0.15, 0.2) is 0 Å². The summed E-state index contributed by atoms with van der Waals surface area (Å²) in [4.78, 5) is 26.6. The molecular weight excluding hydrogens is 436 g/mol. The van der Waals surface area contributed by atoms with E-state index >= 15 is 0 Å². The number of carbonyl (C=O) groups is 1. The van der Waals surface area contributed by atoms with E-state index in [1.54, 1.807) is 48.4 Å². The van der Waals surface area contributed by atoms with Gasteiger partial charge in [-0.2, -0.15) is 4.98 Å². The Labute approximate surface area is 196 Å². The van der Waals surface area contributed by atoms with Gasteiger partial charge >= 0.3 is 6.03 Å². The Balaban J connectivity index is 1.42. The lowest BCUT2D eigenvalue weighted by Crippen LogP contribution is -2.19. The predicted octanol–water partition coefficient (Wildman–Crippen LogP) is 5.75. The van der Waals surface area contributed by atoms with Crippen molar-refractivity contribution in [3.63, 3.8) is 0 Å². The monoisotopic (exact) mass is 460 g/mol. The summed E-state index contributed by atoms with van der Waals surface area (Å²) in [5.74, 6) is 2.30. The molecule has 2 N–H and O–H groups in total. The highest BCUT2D eigenvalue weighted by molar-refractivity contribution is 7.98. The quantitative estimate of drug-likeness (QED) is 0.356. The molecule has 0 aliphatic rings. The number of benzene rings is 2. The van der Waals surface area contributed by atoms with Gasteiger partial charge in [0, 0.05) is 28.0 Å². The van der Waals surface area contributed by atoms with Crippen molar-refractivity contribution in [1.82, 2.24) is 19.5 Å². The van der Waals surface area contributed by atoms with Crippen LogP contribution in [0.4, 0.5) is 16.2 Å². The Kier molecular flexibility index (Phi) is 6.60. The Morgan fingerprint density at radius 3 is 2.42 bits per heavy atom. The van der Waals surface area contributed by atoms with Crippen molar-refractivity contribution in [2.45, 2.75) is 25.7 Å². The van der Waals surface area contributed by atoms with E-state index in [9.17, 15) is 4.79 Å². The molecule has 2 aromatic heterocycles. The van der Waals surface area contributed by atoms with E-state index in [-0.39, 0.29) is 6.03 Å². The number of nitrogens with zero attached hydrogens (tertiary/aromatic N) is 4. The second-order valence-corrected chi connectivity index (χ2v) is 8.21. The highest BCUT2D eigenvalue weighted by Crippen LogP contribution is 2.24. The molecule has 0 spiro atoms. The molecule has 2 heterocycles. The number of thioether (sulfide) groups is 1. The van der Waals surface area contributed by atoms with Crippen molar-refractivity contribution < 1.29 is 9.53 Å². The lowest BCUT2D eigenvalue weighted by Gasteiger charge is -2.11. The van der Waals surface area contributed by atoms with E-state index < -0.39 is 0 Å². The van der Waals surface area contributed by atoms with Crippen LogP contribution in [0.3, 0.4) is 0 Å². The maximum Gasteiger partial charge on any atom is 0.323 e. The van der Waals surface area contributed by atoms with E-state index in [1.165, 1.54) is 0 Å². The summed E-state index contributed by atoms with van der Waals surface area (Å²) in [5, 5.41) is 5.65. The van der Waals surface area contributed by atoms with E-state index in [4.69, 9.17) is 4.74 Å². The van der Waals surface area contributed by atoms with Crippen molar-refractivity contribution >= 4 is 29.2 Å². The van der Waals surface area contributed by atoms with Crippen molar-refractivity contribution in [1.29, 1.82) is 0 Å². The minimum absolute atomic E-state index is 0.316. The highest BCUT2D eigenvalue weighted by Gasteiger charge is 2.10. The lowest BCUT2D eigenvalue weighted by molar-refractivity contribution is 0.262. The van der Waals surface area contributed by atoms with Crippen LogP contribution >= 0.6 is 11.8 Å². The van der Waals surface area contributed by atoms with Crippen LogP contribution < -0.4 is 15.4 Å². The van der Waals surface area contributed by atoms with Crippen molar-refractivity contribution in [3.8, 4) is 17.4 Å². The Hall–Kier alpha value is -3.85. The number of aromatic nitrogens is 4. The van der Waals surface area contributed by atoms with Crippen molar-refractivity contribution in [3.05, 3.63) is 78.1 Å². The topological polar surface area (TPSA) is 94.0 Å². The number of hydrogen-bond acceptors (Lipinski definition) is 6. The maximum absolute atomic E-state index is 12.3. The first-order valence-electron chi connectivity index (χ1n) is 10.3. The van der Waals surface area contributed by atoms with Crippen LogP contribution in [-0.4, -0.2) is 31.8 Å². The van der Waals surface area contributed by atoms with Crippen LogP contribution in [-0.2, 0) is 0 Å². The lowest BCUT2D eigenvalue weighted by atomic mass is 10.3. The molecule has 8 nitrogen and oxygen atoms in total. The molecule has 0 saturated carbocycles. The third-order valence-corrected chi connectivity index (χ3v) is 5.69. The summed E-state index contributed by atoms with van der Waals surface area (Å²) >= 11 is 1.62. The van der Waals surface area contributed by atoms with Gasteiger partial charge in [-0.15, -0.1) is 11.8 Å². The van der Waals surface area contributed by atoms with Gasteiger partial charge in [0.1, 0.15) is 23.7 Å². The van der Waals surface area contributed by atoms with Gasteiger partial charge in [-0.05, 0) is 69.5 Å². The van der Waals surface area contributed by atoms with Gasteiger partial charge < -0.3 is 15.4 Å². The molecule has 33 heavy (non-hydrogen) atoms. The molecule has 0 fully saturated rings. The molecule has 0 radical (unpaired) electrons. The molecule has 0 atom stereocenters. The summed E-state index contributed by atoms with van der Waals surface area (Å²) in [6.07, 6.45) is 3.73. The molecule has 2 amide bonds. The number of imidazole rings is 1. The first-order valence-corrected chi connectivity index (χ1v) is 11.5. The van der Waals surface area contributed by atoms with Gasteiger partial charge in [0.25, 0.3) is 0 Å². The molecule has 9 heteroatoms. The highest BCUT2D eigenvalue weighted by atomic mass is 32.2. The standard InChI is InChI=1S/C24H24N6O2S/c1-15-16(2)30(14-25-15)22-13-23(27-17(3)26-22)32-20-10-8-18(9-11-20)28-24(31)29-19-6-5-7-21(12-19)33-4/h5-14H,1-4H3,(H2,28,29,31). The van der Waals surface area contributed by atoms with Crippen LogP contribution in [0.1, 0.15) is 17.2 Å². The minimum Gasteiger partial charge on any atom is -0.439 e. The summed E-state index contributed by atoms with van der Waals surface area (Å²) in [5.41, 5.74) is 3.33. The summed E-state index contributed by atoms with van der Waals surface area (Å²) < 4.78 is 7.83. The molecule has 4 aromatic rings. The van der Waals surface area contributed by atoms with E-state index in [1.807, 2.05) is 55.9 Å². The zero-order valence-electron chi connectivity index (χ0n) is 18.8. The first kappa shape index (κ1) is 22.3. The van der Waals surface area contributed by atoms with E-state index in [2.05, 4.69) is 25.6 Å². The Bertz CT molecular complexity index is 1290. The smallest absolute Gasteiger partial charge is 0.323 e. The van der Waals surface area contributed by atoms with Crippen LogP contribution in [0, 0.1) is 20.8 Å². The summed E-state index contributed by atoms with van der Waals surface area (Å²) in [7, 11) is 0. The molecule has 168 valence electrons. The largest absolute Gasteiger partial charge is 0.439 e. The number of nitrogens with one attached hydrogen (secondary N) is 2. The number of carbonyl (C=O) groups excluding carboxylic acids is 1. The van der Waals surface area contributed by atoms with Crippen molar-refractivity contribution in [2.75, 3.05) is 16.9 Å². The van der Waals surface area contributed by atoms with E-state index in [0.29, 0.717) is 29.0 Å². The fourth-order valence-corrected chi connectivity index (χ4v) is 3.61. The number of urea groups is 1. The average Bonchev–Trinajstić information content (AvgIpc) is 3.13. The van der Waals surface area contributed by atoms with Gasteiger partial charge in [-0.1, -0.05) is 6.07 Å². The zero-order chi connectivity index (χ0) is 23.4. The first-order chi connectivity index (χ1) is 15.9. The van der Waals surface area contributed by atoms with Crippen LogP contribution in [0.2, 0.25) is 0 Å². The molecule has 0 bridgehead atoms. The van der Waals surface area contributed by atoms with E-state index in [0.717, 1.165) is 22.0 Å². The fraction of sp³-hybridized carbons (Fsp3) is 0.167. The third-order valence-electron chi connectivity index (χ3n) is 4.96. The van der Waals surface area contributed by atoms with Crippen LogP contribution in [0.25, 0.3) is 5.82 Å². The maximum atomic E-state index is 12.3. The minimum atomic E-state index is -0.316. The normalized spacial score (nSPS) is 10.7. The number of ether oxygens (including phenoxy) is 1. The predicted molar refractivity (Wildman–Crippen MR) is 131 cm³/mol. The average molecular weight is 461 g/mol. The molecular formula is C24H24N6O2S. The molecule has 0 unspecified atom stereocenters. The number of hydrogen-bond donors (Lipinski definition) is 2. The molecule has 2 aromatic carbocycles. The Morgan fingerprint density at radius 1 is 0.970 bits per heavy atom. The van der Waals surface area contributed by atoms with Gasteiger partial charge in [-0.25, -0.2) is 14.8 Å². The van der Waals surface area contributed by atoms with Crippen LogP contribution in [0.5, 0.6) is 11.6 Å². The third kappa shape index (κ3) is 5.50. The van der Waals surface area contributed by atoms with Gasteiger partial charge in [0.05, 0.1) is 5.69 Å². The Morgan fingerprint density at radius 2 is 1.73 bits per heavy atom. The summed E-state index contributed by atoms with van der Waals surface area (Å²) in [6.45, 7) is 5.76. The molecule has 0 aliphatic heterocycles. The second kappa shape index (κ2) is 9.74. The zero-order valence-corrected chi connectivity index (χ0v) is 19.6. The van der Waals surface area contributed by atoms with Crippen molar-refractivity contribution in [2.24, 2.45) is 0 Å².